The molecule has 4 aromatic rings. The van der Waals surface area contributed by atoms with Gasteiger partial charge in [0, 0.05) is 41.3 Å². The average Bonchev–Trinajstić information content (AvgIpc) is 3.25. The summed E-state index contributed by atoms with van der Waals surface area (Å²) < 4.78 is 0. The number of aromatic nitrogens is 2. The third-order valence-electron chi connectivity index (χ3n) is 6.11. The Morgan fingerprint density at radius 2 is 1.75 bits per heavy atom. The van der Waals surface area contributed by atoms with Gasteiger partial charge in [0.25, 0.3) is 0 Å². The largest absolute Gasteiger partial charge is 0.346 e. The van der Waals surface area contributed by atoms with E-state index in [0.717, 1.165) is 43.6 Å². The van der Waals surface area contributed by atoms with E-state index in [1.54, 1.807) is 11.8 Å². The molecule has 0 spiro atoms. The van der Waals surface area contributed by atoms with Crippen LogP contribution in [0.4, 0.5) is 0 Å². The lowest BCUT2D eigenvalue weighted by molar-refractivity contribution is -0.119. The number of thioether (sulfide) groups is 1. The van der Waals surface area contributed by atoms with E-state index in [1.165, 1.54) is 27.0 Å². The van der Waals surface area contributed by atoms with E-state index in [1.807, 2.05) is 23.4 Å². The summed E-state index contributed by atoms with van der Waals surface area (Å²) in [7, 11) is 0. The third kappa shape index (κ3) is 5.22. The van der Waals surface area contributed by atoms with Gasteiger partial charge in [0.2, 0.25) is 6.41 Å². The maximum Gasteiger partial charge on any atom is 0.209 e. The number of benzene rings is 2. The van der Waals surface area contributed by atoms with E-state index < -0.39 is 0 Å². The van der Waals surface area contributed by atoms with Crippen LogP contribution in [-0.4, -0.2) is 40.6 Å². The van der Waals surface area contributed by atoms with Crippen LogP contribution in [-0.2, 0) is 4.79 Å². The lowest BCUT2D eigenvalue weighted by Gasteiger charge is -2.29. The number of carbonyl (C=O) groups is 1. The number of piperidine rings is 1. The Kier molecular flexibility index (Phi) is 7.28. The molecule has 1 fully saturated rings. The Morgan fingerprint density at radius 3 is 2.41 bits per heavy atom. The molecule has 1 N–H and O–H groups in total. The van der Waals surface area contributed by atoms with Crippen LogP contribution in [0.5, 0.6) is 0 Å². The van der Waals surface area contributed by atoms with Crippen molar-refractivity contribution in [3.8, 4) is 11.1 Å². The van der Waals surface area contributed by atoms with Gasteiger partial charge in [-0.05, 0) is 66.8 Å². The van der Waals surface area contributed by atoms with Gasteiger partial charge >= 0.3 is 0 Å². The van der Waals surface area contributed by atoms with Gasteiger partial charge in [-0.2, -0.15) is 0 Å². The number of aryl methyl sites for hydroxylation is 1. The third-order valence-corrected chi connectivity index (χ3v) is 6.85. The smallest absolute Gasteiger partial charge is 0.209 e. The number of hydrogen-bond donors (Lipinski definition) is 1. The Morgan fingerprint density at radius 1 is 1.03 bits per heavy atom. The van der Waals surface area contributed by atoms with Gasteiger partial charge in [-0.3, -0.25) is 4.79 Å². The minimum Gasteiger partial charge on any atom is -0.346 e. The standard InChI is InChI=1S/C15H14N2S.C12H15NO/c1-10-8-16-15-14(10)7-12(9-17-15)11-3-5-13(18-2)6-4-11;14-10-13-8-6-12(7-9-13)11-4-2-1-3-5-11/h3-9H,1-2H3,(H,16,17);1-5,10,12H,6-9H2. The number of amides is 1. The van der Waals surface area contributed by atoms with Crippen molar-refractivity contribution < 1.29 is 4.79 Å². The molecule has 164 valence electrons. The summed E-state index contributed by atoms with van der Waals surface area (Å²) in [5.41, 5.74) is 5.98. The number of hydrogen-bond acceptors (Lipinski definition) is 3. The van der Waals surface area contributed by atoms with Gasteiger partial charge < -0.3 is 9.88 Å². The number of nitrogens with one attached hydrogen (secondary N) is 1. The summed E-state index contributed by atoms with van der Waals surface area (Å²) in [4.78, 5) is 21.3. The molecule has 0 aliphatic carbocycles. The fourth-order valence-corrected chi connectivity index (χ4v) is 4.55. The van der Waals surface area contributed by atoms with Crippen molar-refractivity contribution in [3.05, 3.63) is 84.2 Å². The Bertz CT molecular complexity index is 1150. The summed E-state index contributed by atoms with van der Waals surface area (Å²) in [6.45, 7) is 3.91. The van der Waals surface area contributed by atoms with Crippen molar-refractivity contribution in [2.45, 2.75) is 30.6 Å². The summed E-state index contributed by atoms with van der Waals surface area (Å²) in [5.74, 6) is 0.646. The van der Waals surface area contributed by atoms with Gasteiger partial charge in [-0.15, -0.1) is 11.8 Å². The van der Waals surface area contributed by atoms with Crippen LogP contribution in [0.3, 0.4) is 0 Å². The molecule has 0 unspecified atom stereocenters. The highest BCUT2D eigenvalue weighted by Gasteiger charge is 2.18. The second-order valence-electron chi connectivity index (χ2n) is 8.15. The monoisotopic (exact) mass is 443 g/mol. The minimum absolute atomic E-state index is 0.646. The molecule has 2 aromatic heterocycles. The van der Waals surface area contributed by atoms with Crippen LogP contribution in [0.2, 0.25) is 0 Å². The molecule has 1 saturated heterocycles. The number of fused-ring (bicyclic) bond motifs is 1. The number of rotatable bonds is 4. The lowest BCUT2D eigenvalue weighted by atomic mass is 9.90. The average molecular weight is 444 g/mol. The Labute approximate surface area is 194 Å². The van der Waals surface area contributed by atoms with E-state index in [9.17, 15) is 4.79 Å². The lowest BCUT2D eigenvalue weighted by Crippen LogP contribution is -2.31. The van der Waals surface area contributed by atoms with Crippen molar-refractivity contribution in [2.24, 2.45) is 0 Å². The maximum atomic E-state index is 10.5. The summed E-state index contributed by atoms with van der Waals surface area (Å²) in [5, 5.41) is 1.20. The van der Waals surface area contributed by atoms with E-state index >= 15 is 0 Å². The molecule has 32 heavy (non-hydrogen) atoms. The fraction of sp³-hybridized carbons (Fsp3) is 0.259. The predicted molar refractivity (Wildman–Crippen MR) is 134 cm³/mol. The van der Waals surface area contributed by atoms with Gasteiger partial charge in [0.1, 0.15) is 5.65 Å². The second-order valence-corrected chi connectivity index (χ2v) is 9.03. The van der Waals surface area contributed by atoms with Gasteiger partial charge in [-0.1, -0.05) is 42.5 Å². The minimum atomic E-state index is 0.646. The van der Waals surface area contributed by atoms with Crippen LogP contribution in [0.25, 0.3) is 22.2 Å². The summed E-state index contributed by atoms with van der Waals surface area (Å²) >= 11 is 1.76. The van der Waals surface area contributed by atoms with Crippen molar-refractivity contribution >= 4 is 29.2 Å². The molecule has 0 atom stereocenters. The highest BCUT2D eigenvalue weighted by atomic mass is 32.2. The molecule has 2 aromatic carbocycles. The molecule has 1 aliphatic heterocycles. The first-order valence-corrected chi connectivity index (χ1v) is 12.2. The van der Waals surface area contributed by atoms with E-state index in [2.05, 4.69) is 77.7 Å². The number of aromatic amines is 1. The zero-order valence-corrected chi connectivity index (χ0v) is 19.4. The molecule has 1 aliphatic rings. The number of H-pyrrole nitrogens is 1. The molecular formula is C27H29N3OS. The molecule has 4 nitrogen and oxygen atoms in total. The quantitative estimate of drug-likeness (QED) is 0.298. The zero-order valence-electron chi connectivity index (χ0n) is 18.6. The molecule has 1 amide bonds. The van der Waals surface area contributed by atoms with Crippen molar-refractivity contribution in [3.63, 3.8) is 0 Å². The van der Waals surface area contributed by atoms with E-state index in [-0.39, 0.29) is 0 Å². The van der Waals surface area contributed by atoms with Gasteiger partial charge in [0.05, 0.1) is 0 Å². The van der Waals surface area contributed by atoms with Crippen LogP contribution in [0.1, 0.15) is 29.9 Å². The summed E-state index contributed by atoms with van der Waals surface area (Å²) in [6, 6.07) is 21.4. The first-order chi connectivity index (χ1) is 15.7. The molecule has 0 radical (unpaired) electrons. The normalized spacial score (nSPS) is 14.1. The highest BCUT2D eigenvalue weighted by Crippen LogP contribution is 2.27. The second kappa shape index (κ2) is 10.5. The highest BCUT2D eigenvalue weighted by molar-refractivity contribution is 7.98. The Balaban J connectivity index is 0.000000158. The number of nitrogens with zero attached hydrogens (tertiary/aromatic N) is 2. The number of pyridine rings is 1. The van der Waals surface area contributed by atoms with Gasteiger partial charge in [-0.25, -0.2) is 4.98 Å². The number of carbonyl (C=O) groups excluding carboxylic acids is 1. The first kappa shape index (κ1) is 22.2. The predicted octanol–water partition coefficient (Wildman–Crippen LogP) is 6.28. The number of likely N-dealkylation sites (tertiary alicyclic amines) is 1. The zero-order chi connectivity index (χ0) is 22.3. The molecule has 3 heterocycles. The van der Waals surface area contributed by atoms with E-state index in [0.29, 0.717) is 5.92 Å². The molecule has 5 rings (SSSR count). The van der Waals surface area contributed by atoms with Crippen LogP contribution in [0, 0.1) is 6.92 Å². The van der Waals surface area contributed by atoms with Crippen molar-refractivity contribution in [2.75, 3.05) is 19.3 Å². The van der Waals surface area contributed by atoms with Crippen molar-refractivity contribution in [1.82, 2.24) is 14.9 Å². The first-order valence-electron chi connectivity index (χ1n) is 11.0. The topological polar surface area (TPSA) is 49.0 Å². The fourth-order valence-electron chi connectivity index (χ4n) is 4.14. The SMILES string of the molecule is CSc1ccc(-c2cnc3[nH]cc(C)c3c2)cc1.O=CN1CCC(c2ccccc2)CC1. The molecular weight excluding hydrogens is 414 g/mol. The van der Waals surface area contributed by atoms with Crippen LogP contribution < -0.4 is 0 Å². The van der Waals surface area contributed by atoms with E-state index in [4.69, 9.17) is 0 Å². The molecule has 0 saturated carbocycles. The summed E-state index contributed by atoms with van der Waals surface area (Å²) in [6.07, 6.45) is 9.17. The van der Waals surface area contributed by atoms with Gasteiger partial charge in [0.15, 0.2) is 0 Å². The van der Waals surface area contributed by atoms with Crippen LogP contribution >= 0.6 is 11.8 Å². The van der Waals surface area contributed by atoms with Crippen LogP contribution in [0.15, 0.2) is 78.0 Å². The maximum absolute atomic E-state index is 10.5. The molecule has 5 heteroatoms. The molecule has 0 bridgehead atoms. The van der Waals surface area contributed by atoms with Crippen molar-refractivity contribution in [1.29, 1.82) is 0 Å². The Hall–Kier alpha value is -3.05.